The molecule has 75 heavy (non-hydrogen) atoms. The van der Waals surface area contributed by atoms with Crippen LogP contribution in [0.1, 0.15) is 18.7 Å². The third-order valence-electron chi connectivity index (χ3n) is 11.1. The molecule has 410 valence electrons. The molecule has 6 aromatic rings. The van der Waals surface area contributed by atoms with Gasteiger partial charge in [0.1, 0.15) is 97.2 Å². The zero-order chi connectivity index (χ0) is 54.2. The Hall–Kier alpha value is -3.34. The van der Waals surface area contributed by atoms with Crippen LogP contribution in [0.25, 0.3) is 33.5 Å². The number of hydrogen-bond acceptors (Lipinski definition) is 32. The summed E-state index contributed by atoms with van der Waals surface area (Å²) in [7, 11) is -11.5. The topological polar surface area (TPSA) is 540 Å². The van der Waals surface area contributed by atoms with E-state index in [1.807, 2.05) is 0 Å². The van der Waals surface area contributed by atoms with Crippen molar-refractivity contribution in [3.05, 3.63) is 38.0 Å². The summed E-state index contributed by atoms with van der Waals surface area (Å²) in [5.41, 5.74) is 18.3. The summed E-state index contributed by atoms with van der Waals surface area (Å²) < 4.78 is 80.3. The maximum absolute atomic E-state index is 12.8. The lowest BCUT2D eigenvalue weighted by atomic mass is 10.1. The number of aromatic nitrogens is 12. The number of fused-ring (bicyclic) bond motifs is 3. The number of hydrogen-bond donors (Lipinski definition) is 12. The standard InChI is InChI=1S/C30H40N15O22P5S3/c31-22-13-25(37-4-34-22)43(7-40-13)28-19(49)16(46)10(61-28)1-58-70(55,73)64-20-17(47)11(62-29(20)44-8-41-14-23(32)35-5-38-26(14)44)2-59-71(56,74)65-21-18(48)12(3-60-72(57,75)67-69(53,54)66-68(50,51)52)63-30(21)45-9-42-15-24(33)36-6-39-27(15)45/h4-12,16-21,28-30,46-49H,1-3H2,(H,53,54)(H,55,73)(H,56,74)(H,57,75)(H2,31,34,37)(H2,32,35,38)(H2,33,36,39)(H2,50,51,52)/p-1/t10-,11-,12-,16-,17-,18-,19-,20-,21-,28-,29-,30-,70?,71?,72?/m1/s1. The number of nitrogen functional groups attached to an aromatic ring is 3. The number of nitrogens with zero attached hydrogens (tertiary/aromatic N) is 12. The predicted molar refractivity (Wildman–Crippen MR) is 254 cm³/mol. The van der Waals surface area contributed by atoms with Crippen molar-refractivity contribution in [1.29, 1.82) is 0 Å². The van der Waals surface area contributed by atoms with Crippen molar-refractivity contribution in [1.82, 2.24) is 58.6 Å². The van der Waals surface area contributed by atoms with Crippen molar-refractivity contribution in [3.63, 3.8) is 0 Å². The van der Waals surface area contributed by atoms with Crippen LogP contribution in [0.3, 0.4) is 0 Å². The Bertz CT molecular complexity index is 3360. The van der Waals surface area contributed by atoms with Crippen molar-refractivity contribution < 1.29 is 104 Å². The number of nitrogens with two attached hydrogens (primary N) is 3. The molecule has 0 aliphatic carbocycles. The van der Waals surface area contributed by atoms with Crippen molar-refractivity contribution in [3.8, 4) is 0 Å². The van der Waals surface area contributed by atoms with Gasteiger partial charge in [-0.1, -0.05) is 11.8 Å². The lowest BCUT2D eigenvalue weighted by Crippen LogP contribution is -2.37. The first-order valence-electron chi connectivity index (χ1n) is 20.7. The van der Waals surface area contributed by atoms with Crippen molar-refractivity contribution in [2.45, 2.75) is 73.6 Å². The smallest absolute Gasteiger partial charge is 0.485 e. The second kappa shape index (κ2) is 21.4. The highest BCUT2D eigenvalue weighted by Crippen LogP contribution is 2.65. The highest BCUT2D eigenvalue weighted by molar-refractivity contribution is 8.08. The first kappa shape index (κ1) is 56.4. The fraction of sp³-hybridized carbons (Fsp3) is 0.500. The first-order valence-corrected chi connectivity index (χ1v) is 31.4. The van der Waals surface area contributed by atoms with Crippen molar-refractivity contribution in [2.24, 2.45) is 0 Å². The summed E-state index contributed by atoms with van der Waals surface area (Å²) in [6, 6.07) is 0. The number of phosphoric acid groups is 2. The van der Waals surface area contributed by atoms with Gasteiger partial charge in [-0.05, 0) is 23.6 Å². The maximum atomic E-state index is 12.8. The molecule has 0 spiro atoms. The van der Waals surface area contributed by atoms with Crippen molar-refractivity contribution in [2.75, 3.05) is 37.0 Å². The molecule has 3 saturated heterocycles. The molecule has 0 amide bonds. The van der Waals surface area contributed by atoms with Gasteiger partial charge in [-0.3, -0.25) is 22.7 Å². The third-order valence-corrected chi connectivity index (χ3v) is 18.9. The number of imidazole rings is 3. The van der Waals surface area contributed by atoms with Crippen LogP contribution in [0.2, 0.25) is 0 Å². The zero-order valence-corrected chi connectivity index (χ0v) is 43.8. The van der Waals surface area contributed by atoms with Crippen LogP contribution in [0, 0.1) is 0 Å². The van der Waals surface area contributed by atoms with Gasteiger partial charge in [0, 0.05) is 0 Å². The molecule has 0 saturated carbocycles. The van der Waals surface area contributed by atoms with E-state index in [2.05, 4.69) is 65.3 Å². The number of anilines is 3. The fourth-order valence-corrected chi connectivity index (χ4v) is 14.6. The summed E-state index contributed by atoms with van der Waals surface area (Å²) in [5.74, 6) is -0.115. The molecule has 9 heterocycles. The molecule has 0 bridgehead atoms. The summed E-state index contributed by atoms with van der Waals surface area (Å²) in [4.78, 5) is 99.8. The number of aliphatic hydroxyl groups excluding tert-OH is 4. The molecule has 45 heteroatoms. The maximum Gasteiger partial charge on any atom is 0.485 e. The van der Waals surface area contributed by atoms with Crippen LogP contribution in [-0.4, -0.2) is 178 Å². The van der Waals surface area contributed by atoms with Gasteiger partial charge < -0.3 is 94.8 Å². The van der Waals surface area contributed by atoms with E-state index in [0.29, 0.717) is 0 Å². The van der Waals surface area contributed by atoms with Crippen LogP contribution in [-0.2, 0) is 90.0 Å². The Morgan fingerprint density at radius 2 is 0.893 bits per heavy atom. The molecular formula is C30H39N15O22P5S3-. The summed E-state index contributed by atoms with van der Waals surface area (Å²) in [6.07, 6.45) is -12.7. The van der Waals surface area contributed by atoms with E-state index in [1.54, 1.807) is 0 Å². The van der Waals surface area contributed by atoms with E-state index in [-0.39, 0.29) is 50.9 Å². The lowest BCUT2D eigenvalue weighted by Gasteiger charge is -2.30. The lowest BCUT2D eigenvalue weighted by molar-refractivity contribution is -0.203. The van der Waals surface area contributed by atoms with Gasteiger partial charge in [0.2, 0.25) is 0 Å². The monoisotopic (exact) mass is 1210 g/mol. The molecule has 15 N–H and O–H groups in total. The van der Waals surface area contributed by atoms with E-state index in [9.17, 15) is 49.1 Å². The van der Waals surface area contributed by atoms with Crippen LogP contribution in [0.5, 0.6) is 0 Å². The highest BCUT2D eigenvalue weighted by atomic mass is 32.5. The zero-order valence-electron chi connectivity index (χ0n) is 36.9. The van der Waals surface area contributed by atoms with Gasteiger partial charge in [-0.25, -0.2) is 58.3 Å². The van der Waals surface area contributed by atoms with E-state index in [4.69, 9.17) is 87.4 Å². The van der Waals surface area contributed by atoms with Crippen LogP contribution in [0.15, 0.2) is 38.0 Å². The van der Waals surface area contributed by atoms with E-state index in [1.165, 1.54) is 21.8 Å². The summed E-state index contributed by atoms with van der Waals surface area (Å²) >= 11 is 15.2. The average Bonchev–Trinajstić information content (AvgIpc) is 4.18. The van der Waals surface area contributed by atoms with Crippen LogP contribution < -0.4 is 22.1 Å². The molecule has 3 fully saturated rings. The molecule has 3 aliphatic heterocycles. The van der Waals surface area contributed by atoms with E-state index < -0.39 is 129 Å². The molecule has 37 nitrogen and oxygen atoms in total. The molecule has 16 atom stereocenters. The number of ether oxygens (including phenoxy) is 3. The molecule has 0 aromatic carbocycles. The van der Waals surface area contributed by atoms with Gasteiger partial charge in [0.25, 0.3) is 0 Å². The summed E-state index contributed by atoms with van der Waals surface area (Å²) in [6.45, 7) is -17.0. The Balaban J connectivity index is 0.912. The third kappa shape index (κ3) is 12.1. The normalized spacial score (nSPS) is 30.7. The molecular weight excluding hydrogens is 1170 g/mol. The van der Waals surface area contributed by atoms with Gasteiger partial charge in [-0.15, -0.1) is 0 Å². The van der Waals surface area contributed by atoms with Gasteiger partial charge >= 0.3 is 29.1 Å². The summed E-state index contributed by atoms with van der Waals surface area (Å²) in [5, 5.41) is 45.2. The number of rotatable bonds is 20. The second-order valence-corrected chi connectivity index (χ2v) is 27.2. The van der Waals surface area contributed by atoms with E-state index >= 15 is 0 Å². The fourth-order valence-electron chi connectivity index (χ4n) is 7.82. The Morgan fingerprint density at radius 1 is 0.533 bits per heavy atom. The van der Waals surface area contributed by atoms with Crippen LogP contribution in [0.4, 0.5) is 17.5 Å². The van der Waals surface area contributed by atoms with Gasteiger partial charge in [0.15, 0.2) is 53.1 Å². The average molecular weight is 1210 g/mol. The highest BCUT2D eigenvalue weighted by Gasteiger charge is 2.52. The quantitative estimate of drug-likeness (QED) is 0.0329. The van der Waals surface area contributed by atoms with E-state index in [0.717, 1.165) is 29.9 Å². The Labute approximate surface area is 432 Å². The minimum absolute atomic E-state index is 0.0248. The minimum Gasteiger partial charge on any atom is -0.779 e. The number of aliphatic hydroxyl groups is 4. The predicted octanol–water partition coefficient (Wildman–Crippen LogP) is -3.55. The molecule has 9 rings (SSSR count). The SMILES string of the molecule is Nc1ncnc2c1ncn2[C@@H]1O[C@H](COP(O)(=S)O[C@@H]2[C@H](O)[C@@H](COP(O)(=S)O[C@@H]3[C@H](O)[C@@H](COP([O-])(=S)OP(=O)(O)OP(=O)(O)O)O[C@H]3n3cnc4c(N)ncnc43)O[C@H]2n2cnc3c(N)ncnc32)[C@@H](O)[C@H]1O. The Morgan fingerprint density at radius 3 is 1.29 bits per heavy atom. The molecule has 6 aromatic heterocycles. The van der Waals surface area contributed by atoms with Gasteiger partial charge in [-0.2, -0.15) is 4.31 Å². The second-order valence-electron chi connectivity index (χ2n) is 15.9. The molecule has 3 aliphatic rings. The first-order chi connectivity index (χ1) is 35.1. The largest absolute Gasteiger partial charge is 0.779 e. The molecule has 0 radical (unpaired) electrons. The minimum atomic E-state index is -5.81. The molecule has 4 unspecified atom stereocenters. The van der Waals surface area contributed by atoms with Crippen molar-refractivity contribution >= 4 is 122 Å². The van der Waals surface area contributed by atoms with Crippen LogP contribution >= 0.6 is 35.8 Å². The Kier molecular flexibility index (Phi) is 16.1. The van der Waals surface area contributed by atoms with Gasteiger partial charge in [0.05, 0.1) is 38.8 Å².